The molecule has 1 fully saturated rings. The Kier molecular flexibility index (Phi) is 9.25. The van der Waals surface area contributed by atoms with E-state index in [4.69, 9.17) is 24.8 Å². The molecule has 1 aromatic heterocycles. The van der Waals surface area contributed by atoms with Gasteiger partial charge in [0, 0.05) is 24.0 Å². The van der Waals surface area contributed by atoms with Gasteiger partial charge in [-0.05, 0) is 57.2 Å². The maximum atomic E-state index is 11.9. The molecule has 3 N–H and O–H groups in total. The molecule has 1 aromatic carbocycles. The zero-order chi connectivity index (χ0) is 21.9. The Balaban J connectivity index is 0.00000101. The van der Waals surface area contributed by atoms with Crippen molar-refractivity contribution in [2.45, 2.75) is 58.1 Å². The lowest BCUT2D eigenvalue weighted by Gasteiger charge is -2.30. The number of nitrogens with zero attached hydrogens (tertiary/aromatic N) is 1. The van der Waals surface area contributed by atoms with E-state index in [0.29, 0.717) is 12.3 Å². The summed E-state index contributed by atoms with van der Waals surface area (Å²) in [5, 5.41) is 3.94. The molecule has 1 saturated carbocycles. The van der Waals surface area contributed by atoms with Crippen LogP contribution in [0.25, 0.3) is 10.9 Å². The van der Waals surface area contributed by atoms with Gasteiger partial charge in [-0.1, -0.05) is 13.0 Å². The Bertz CT molecular complexity index is 872. The van der Waals surface area contributed by atoms with Crippen LogP contribution in [0, 0.1) is 6.92 Å². The van der Waals surface area contributed by atoms with E-state index in [1.54, 1.807) is 0 Å². The van der Waals surface area contributed by atoms with Crippen LogP contribution < -0.4 is 15.8 Å². The summed E-state index contributed by atoms with van der Waals surface area (Å²) in [5.74, 6) is 0.758. The second kappa shape index (κ2) is 11.9. The number of benzene rings is 1. The molecular formula is C22H29N3O5. The van der Waals surface area contributed by atoms with E-state index in [1.165, 1.54) is 0 Å². The number of nitrogens with one attached hydrogen (secondary N) is 1. The average Bonchev–Trinajstić information content (AvgIpc) is 2.70. The fourth-order valence-electron chi connectivity index (χ4n) is 3.60. The number of fused-ring (bicyclic) bond motifs is 1. The highest BCUT2D eigenvalue weighted by Crippen LogP contribution is 2.33. The molecule has 8 nitrogen and oxygen atoms in total. The van der Waals surface area contributed by atoms with Crippen molar-refractivity contribution in [1.29, 1.82) is 0 Å². The number of hydrogen-bond acceptors (Lipinski definition) is 7. The summed E-state index contributed by atoms with van der Waals surface area (Å²) in [4.78, 5) is 32.7. The number of hydrogen-bond donors (Lipinski definition) is 2. The molecule has 0 spiro atoms. The summed E-state index contributed by atoms with van der Waals surface area (Å²) < 4.78 is 11.6. The van der Waals surface area contributed by atoms with Crippen molar-refractivity contribution in [3.63, 3.8) is 0 Å². The van der Waals surface area contributed by atoms with Gasteiger partial charge in [0.15, 0.2) is 0 Å². The van der Waals surface area contributed by atoms with E-state index in [0.717, 1.165) is 54.5 Å². The van der Waals surface area contributed by atoms with Gasteiger partial charge < -0.3 is 20.5 Å². The molecule has 1 heterocycles. The molecule has 2 aromatic rings. The van der Waals surface area contributed by atoms with Crippen molar-refractivity contribution in [3.05, 3.63) is 30.0 Å². The van der Waals surface area contributed by atoms with Gasteiger partial charge >= 0.3 is 6.15 Å². The molecule has 0 radical (unpaired) electrons. The minimum absolute atomic E-state index is 0.0314. The molecule has 30 heavy (non-hydrogen) atoms. The second-order valence-corrected chi connectivity index (χ2v) is 7.30. The molecule has 0 aliphatic heterocycles. The van der Waals surface area contributed by atoms with Crippen molar-refractivity contribution in [1.82, 2.24) is 10.3 Å². The van der Waals surface area contributed by atoms with Gasteiger partial charge in [0.25, 0.3) is 0 Å². The van der Waals surface area contributed by atoms with Crippen LogP contribution in [-0.4, -0.2) is 42.4 Å². The Morgan fingerprint density at radius 3 is 2.63 bits per heavy atom. The highest BCUT2D eigenvalue weighted by molar-refractivity contribution is 5.95. The van der Waals surface area contributed by atoms with E-state index >= 15 is 0 Å². The summed E-state index contributed by atoms with van der Waals surface area (Å²) in [5.41, 5.74) is 8.66. The number of nitrogens with two attached hydrogens (primary N) is 1. The molecule has 0 saturated heterocycles. The summed E-state index contributed by atoms with van der Waals surface area (Å²) in [7, 11) is 0. The van der Waals surface area contributed by atoms with Crippen LogP contribution in [0.5, 0.6) is 5.75 Å². The maximum Gasteiger partial charge on any atom is 0.373 e. The average molecular weight is 415 g/mol. The number of aromatic nitrogens is 1. The number of amides is 1. The van der Waals surface area contributed by atoms with Crippen molar-refractivity contribution in [3.8, 4) is 5.75 Å². The van der Waals surface area contributed by atoms with Crippen LogP contribution in [0.4, 0.5) is 5.69 Å². The first-order chi connectivity index (χ1) is 14.5. The first-order valence-electron chi connectivity index (χ1n) is 10.2. The van der Waals surface area contributed by atoms with Crippen LogP contribution in [0.2, 0.25) is 0 Å². The lowest BCUT2D eigenvalue weighted by atomic mass is 9.93. The monoisotopic (exact) mass is 415 g/mol. The van der Waals surface area contributed by atoms with Gasteiger partial charge in [0.1, 0.15) is 12.4 Å². The third-order valence-corrected chi connectivity index (χ3v) is 4.87. The van der Waals surface area contributed by atoms with Crippen molar-refractivity contribution in [2.75, 3.05) is 18.9 Å². The maximum absolute atomic E-state index is 11.9. The highest BCUT2D eigenvalue weighted by atomic mass is 16.5. The van der Waals surface area contributed by atoms with Crippen LogP contribution in [0.15, 0.2) is 24.3 Å². The number of nitrogen functional groups attached to an aromatic ring is 1. The summed E-state index contributed by atoms with van der Waals surface area (Å²) in [6.45, 7) is 4.73. The summed E-state index contributed by atoms with van der Waals surface area (Å²) in [6, 6.07) is 7.94. The summed E-state index contributed by atoms with van der Waals surface area (Å²) >= 11 is 0. The number of rotatable bonds is 7. The lowest BCUT2D eigenvalue weighted by molar-refractivity contribution is -0.191. The molecule has 1 aliphatic rings. The van der Waals surface area contributed by atoms with Gasteiger partial charge in [-0.15, -0.1) is 0 Å². The molecule has 8 heteroatoms. The quantitative estimate of drug-likeness (QED) is 0.667. The first-order valence-corrected chi connectivity index (χ1v) is 10.2. The largest absolute Gasteiger partial charge is 0.490 e. The van der Waals surface area contributed by atoms with E-state index in [1.807, 2.05) is 38.1 Å². The summed E-state index contributed by atoms with van der Waals surface area (Å²) in [6.07, 6.45) is 4.90. The Hall–Kier alpha value is -2.96. The molecule has 0 bridgehead atoms. The van der Waals surface area contributed by atoms with Crippen LogP contribution in [0.1, 0.15) is 44.7 Å². The van der Waals surface area contributed by atoms with Gasteiger partial charge in [-0.3, -0.25) is 9.78 Å². The standard InChI is InChI=1S/C21H29N3O3.CO2/c1-3-11-26-13-20(25)24-15-7-9-16(10-8-15)27-19-6-4-5-18-21(19)17(22)12-14(2)23-18;2-1-3/h4-6,12,15-16H,3,7-11,13H2,1-2H3,(H2,22,23)(H,24,25);. The highest BCUT2D eigenvalue weighted by Gasteiger charge is 2.24. The van der Waals surface area contributed by atoms with Gasteiger partial charge in [-0.25, -0.2) is 0 Å². The zero-order valence-electron chi connectivity index (χ0n) is 17.5. The van der Waals surface area contributed by atoms with Crippen LogP contribution >= 0.6 is 0 Å². The van der Waals surface area contributed by atoms with Gasteiger partial charge in [0.05, 0.1) is 17.0 Å². The third-order valence-electron chi connectivity index (χ3n) is 4.87. The van der Waals surface area contributed by atoms with E-state index in [2.05, 4.69) is 10.3 Å². The second-order valence-electron chi connectivity index (χ2n) is 7.30. The number of ether oxygens (including phenoxy) is 2. The van der Waals surface area contributed by atoms with Crippen LogP contribution in [0.3, 0.4) is 0 Å². The minimum atomic E-state index is -0.0314. The lowest BCUT2D eigenvalue weighted by Crippen LogP contribution is -2.41. The molecule has 0 atom stereocenters. The smallest absolute Gasteiger partial charge is 0.373 e. The van der Waals surface area contributed by atoms with Crippen molar-refractivity contribution < 1.29 is 23.9 Å². The first kappa shape index (κ1) is 23.3. The fourth-order valence-corrected chi connectivity index (χ4v) is 3.60. The Morgan fingerprint density at radius 1 is 1.27 bits per heavy atom. The van der Waals surface area contributed by atoms with Crippen molar-refractivity contribution in [2.24, 2.45) is 0 Å². The number of anilines is 1. The predicted molar refractivity (Wildman–Crippen MR) is 112 cm³/mol. The number of carbonyl (C=O) groups excluding carboxylic acids is 3. The zero-order valence-corrected chi connectivity index (χ0v) is 17.5. The number of aryl methyl sites for hydroxylation is 1. The van der Waals surface area contributed by atoms with Gasteiger partial charge in [-0.2, -0.15) is 9.59 Å². The van der Waals surface area contributed by atoms with Crippen molar-refractivity contribution >= 4 is 28.6 Å². The van der Waals surface area contributed by atoms with E-state index < -0.39 is 0 Å². The molecular weight excluding hydrogens is 386 g/mol. The molecule has 0 unspecified atom stereocenters. The molecule has 162 valence electrons. The van der Waals surface area contributed by atoms with E-state index in [-0.39, 0.29) is 30.8 Å². The van der Waals surface area contributed by atoms with Gasteiger partial charge in [0.2, 0.25) is 5.91 Å². The molecule has 1 amide bonds. The number of carbonyl (C=O) groups is 1. The van der Waals surface area contributed by atoms with E-state index in [9.17, 15) is 4.79 Å². The SMILES string of the molecule is CCCOCC(=O)NC1CCC(Oc2cccc3nc(C)cc(N)c23)CC1.O=C=O. The third kappa shape index (κ3) is 6.83. The minimum Gasteiger partial charge on any atom is -0.490 e. The normalized spacial score (nSPS) is 18.1. The van der Waals surface area contributed by atoms with Crippen LogP contribution in [-0.2, 0) is 19.1 Å². The predicted octanol–water partition coefficient (Wildman–Crippen LogP) is 2.77. The topological polar surface area (TPSA) is 121 Å². The molecule has 1 aliphatic carbocycles. The Labute approximate surface area is 176 Å². The molecule has 3 rings (SSSR count). The fraction of sp³-hybridized carbons (Fsp3) is 0.500. The number of pyridine rings is 1. The Morgan fingerprint density at radius 2 is 1.97 bits per heavy atom.